The minimum Gasteiger partial charge on any atom is -0.361 e. The molecule has 0 saturated heterocycles. The zero-order valence-corrected chi connectivity index (χ0v) is 7.64. The van der Waals surface area contributed by atoms with Gasteiger partial charge in [-0.15, -0.1) is 0 Å². The zero-order valence-electron chi connectivity index (χ0n) is 7.64. The van der Waals surface area contributed by atoms with Gasteiger partial charge in [0.25, 0.3) is 0 Å². The normalized spacial score (nSPS) is 10.9. The molecule has 12 heavy (non-hydrogen) atoms. The first-order chi connectivity index (χ1) is 5.61. The lowest BCUT2D eigenvalue weighted by molar-refractivity contribution is -0.112. The van der Waals surface area contributed by atoms with Crippen molar-refractivity contribution >= 4 is 11.9 Å². The first-order valence-corrected chi connectivity index (χ1v) is 3.94. The maximum atomic E-state index is 10.6. The van der Waals surface area contributed by atoms with Gasteiger partial charge >= 0.3 is 0 Å². The van der Waals surface area contributed by atoms with E-state index in [1.165, 1.54) is 11.1 Å². The van der Waals surface area contributed by atoms with E-state index in [-0.39, 0.29) is 5.78 Å². The van der Waals surface area contributed by atoms with Crippen molar-refractivity contribution in [2.45, 2.75) is 20.8 Å². The van der Waals surface area contributed by atoms with Crippen LogP contribution in [0, 0.1) is 13.8 Å². The number of carbonyl (C=O) groups excluding carboxylic acids is 1. The van der Waals surface area contributed by atoms with Crippen molar-refractivity contribution in [1.29, 1.82) is 0 Å². The molecule has 0 unspecified atom stereocenters. The van der Waals surface area contributed by atoms with Gasteiger partial charge in [-0.25, -0.2) is 0 Å². The molecule has 2 heteroatoms. The number of allylic oxidation sites excluding steroid dienone is 1. The summed E-state index contributed by atoms with van der Waals surface area (Å²) >= 11 is 0. The van der Waals surface area contributed by atoms with Gasteiger partial charge in [0.15, 0.2) is 5.78 Å². The highest BCUT2D eigenvalue weighted by Gasteiger charge is 1.98. The summed E-state index contributed by atoms with van der Waals surface area (Å²) in [6, 6.07) is 0. The summed E-state index contributed by atoms with van der Waals surface area (Å²) in [5.41, 5.74) is 3.44. The Morgan fingerprint density at radius 1 is 1.50 bits per heavy atom. The Morgan fingerprint density at radius 3 is 2.58 bits per heavy atom. The fourth-order valence-electron chi connectivity index (χ4n) is 0.989. The predicted octanol–water partition coefficient (Wildman–Crippen LogP) is 2.23. The molecule has 1 rings (SSSR count). The van der Waals surface area contributed by atoms with Crippen LogP contribution in [0.5, 0.6) is 0 Å². The Balaban J connectivity index is 2.90. The van der Waals surface area contributed by atoms with Gasteiger partial charge in [0.05, 0.1) is 0 Å². The van der Waals surface area contributed by atoms with Crippen LogP contribution >= 0.6 is 0 Å². The van der Waals surface area contributed by atoms with Crippen molar-refractivity contribution in [3.05, 3.63) is 29.1 Å². The first kappa shape index (κ1) is 8.78. The standard InChI is InChI=1S/C10H13NO/c1-7-6-11-10(9(7)3)5-4-8(2)12/h4-6,11H,1-3H3. The van der Waals surface area contributed by atoms with Gasteiger partial charge in [0.1, 0.15) is 0 Å². The third-order valence-electron chi connectivity index (χ3n) is 1.92. The molecule has 0 aliphatic heterocycles. The molecular weight excluding hydrogens is 150 g/mol. The number of hydrogen-bond acceptors (Lipinski definition) is 1. The maximum absolute atomic E-state index is 10.6. The van der Waals surface area contributed by atoms with Crippen molar-refractivity contribution in [2.24, 2.45) is 0 Å². The molecule has 0 atom stereocenters. The van der Waals surface area contributed by atoms with Crippen LogP contribution in [0.2, 0.25) is 0 Å². The minimum absolute atomic E-state index is 0.0710. The Labute approximate surface area is 72.3 Å². The van der Waals surface area contributed by atoms with Crippen LogP contribution in [0.3, 0.4) is 0 Å². The Kier molecular flexibility index (Phi) is 2.48. The molecule has 1 aromatic rings. The van der Waals surface area contributed by atoms with E-state index >= 15 is 0 Å². The zero-order chi connectivity index (χ0) is 9.14. The summed E-state index contributed by atoms with van der Waals surface area (Å²) in [6.45, 7) is 5.62. The molecular formula is C10H13NO. The summed E-state index contributed by atoms with van der Waals surface area (Å²) in [4.78, 5) is 13.7. The lowest BCUT2D eigenvalue weighted by Gasteiger charge is -1.90. The quantitative estimate of drug-likeness (QED) is 0.666. The average Bonchev–Trinajstić information content (AvgIpc) is 2.30. The van der Waals surface area contributed by atoms with E-state index in [2.05, 4.69) is 4.98 Å². The van der Waals surface area contributed by atoms with Crippen molar-refractivity contribution < 1.29 is 4.79 Å². The predicted molar refractivity (Wildman–Crippen MR) is 50.0 cm³/mol. The average molecular weight is 163 g/mol. The number of aryl methyl sites for hydroxylation is 1. The maximum Gasteiger partial charge on any atom is 0.152 e. The highest BCUT2D eigenvalue weighted by atomic mass is 16.1. The van der Waals surface area contributed by atoms with Crippen LogP contribution in [0.15, 0.2) is 12.3 Å². The molecule has 0 aliphatic rings. The number of aromatic nitrogens is 1. The van der Waals surface area contributed by atoms with E-state index in [0.717, 1.165) is 5.69 Å². The number of ketones is 1. The molecule has 0 spiro atoms. The van der Waals surface area contributed by atoms with Gasteiger partial charge < -0.3 is 4.98 Å². The molecule has 64 valence electrons. The van der Waals surface area contributed by atoms with Crippen molar-refractivity contribution in [2.75, 3.05) is 0 Å². The lowest BCUT2D eigenvalue weighted by Crippen LogP contribution is -1.81. The summed E-state index contributed by atoms with van der Waals surface area (Å²) in [6.07, 6.45) is 5.32. The summed E-state index contributed by atoms with van der Waals surface area (Å²) in [5.74, 6) is 0.0710. The van der Waals surface area contributed by atoms with E-state index in [0.29, 0.717) is 0 Å². The molecule has 1 aromatic heterocycles. The van der Waals surface area contributed by atoms with E-state index in [4.69, 9.17) is 0 Å². The van der Waals surface area contributed by atoms with E-state index < -0.39 is 0 Å². The van der Waals surface area contributed by atoms with Gasteiger partial charge in [-0.3, -0.25) is 4.79 Å². The fraction of sp³-hybridized carbons (Fsp3) is 0.300. The number of hydrogen-bond donors (Lipinski definition) is 1. The van der Waals surface area contributed by atoms with E-state index in [9.17, 15) is 4.79 Å². The van der Waals surface area contributed by atoms with E-state index in [1.807, 2.05) is 26.1 Å². The SMILES string of the molecule is CC(=O)C=Cc1[nH]cc(C)c1C. The lowest BCUT2D eigenvalue weighted by atomic mass is 10.2. The summed E-state index contributed by atoms with van der Waals surface area (Å²) in [7, 11) is 0. The Morgan fingerprint density at radius 2 is 2.17 bits per heavy atom. The summed E-state index contributed by atoms with van der Waals surface area (Å²) < 4.78 is 0. The third-order valence-corrected chi connectivity index (χ3v) is 1.92. The molecule has 0 fully saturated rings. The molecule has 0 bridgehead atoms. The minimum atomic E-state index is 0.0710. The number of H-pyrrole nitrogens is 1. The highest BCUT2D eigenvalue weighted by molar-refractivity contribution is 5.91. The van der Waals surface area contributed by atoms with Crippen LogP contribution in [0.25, 0.3) is 6.08 Å². The first-order valence-electron chi connectivity index (χ1n) is 3.94. The fourth-order valence-corrected chi connectivity index (χ4v) is 0.989. The molecule has 0 radical (unpaired) electrons. The van der Waals surface area contributed by atoms with Gasteiger partial charge in [0, 0.05) is 11.9 Å². The van der Waals surface area contributed by atoms with Gasteiger partial charge in [0.2, 0.25) is 0 Å². The van der Waals surface area contributed by atoms with Crippen molar-refractivity contribution in [3.63, 3.8) is 0 Å². The second kappa shape index (κ2) is 3.39. The molecule has 0 saturated carbocycles. The molecule has 0 aliphatic carbocycles. The van der Waals surface area contributed by atoms with Crippen LogP contribution in [-0.2, 0) is 4.79 Å². The number of carbonyl (C=O) groups is 1. The molecule has 1 N–H and O–H groups in total. The molecule has 0 amide bonds. The Hall–Kier alpha value is -1.31. The monoisotopic (exact) mass is 163 g/mol. The molecule has 1 heterocycles. The third kappa shape index (κ3) is 1.84. The summed E-state index contributed by atoms with van der Waals surface area (Å²) in [5, 5.41) is 0. The van der Waals surface area contributed by atoms with E-state index in [1.54, 1.807) is 13.0 Å². The molecule has 0 aromatic carbocycles. The van der Waals surface area contributed by atoms with Crippen LogP contribution < -0.4 is 0 Å². The van der Waals surface area contributed by atoms with Crippen molar-refractivity contribution in [3.8, 4) is 0 Å². The van der Waals surface area contributed by atoms with Crippen LogP contribution in [-0.4, -0.2) is 10.8 Å². The van der Waals surface area contributed by atoms with Gasteiger partial charge in [-0.05, 0) is 44.1 Å². The van der Waals surface area contributed by atoms with Gasteiger partial charge in [-0.1, -0.05) is 0 Å². The van der Waals surface area contributed by atoms with Gasteiger partial charge in [-0.2, -0.15) is 0 Å². The van der Waals surface area contributed by atoms with Crippen LogP contribution in [0.4, 0.5) is 0 Å². The second-order valence-electron chi connectivity index (χ2n) is 2.95. The largest absolute Gasteiger partial charge is 0.361 e. The van der Waals surface area contributed by atoms with Crippen molar-refractivity contribution in [1.82, 2.24) is 4.98 Å². The number of aromatic amines is 1. The second-order valence-corrected chi connectivity index (χ2v) is 2.95. The topological polar surface area (TPSA) is 32.9 Å². The highest BCUT2D eigenvalue weighted by Crippen LogP contribution is 2.12. The Bertz CT molecular complexity index is 321. The van der Waals surface area contributed by atoms with Crippen LogP contribution in [0.1, 0.15) is 23.7 Å². The number of nitrogens with one attached hydrogen (secondary N) is 1. The molecule has 2 nitrogen and oxygen atoms in total. The number of rotatable bonds is 2. The smallest absolute Gasteiger partial charge is 0.152 e.